The fraction of sp³-hybridized carbons (Fsp3) is 0.393. The Hall–Kier alpha value is -3.01. The number of nitrogens with zero attached hydrogens (tertiary/aromatic N) is 1. The Morgan fingerprint density at radius 3 is 2.53 bits per heavy atom. The first-order valence-electron chi connectivity index (χ1n) is 11.6. The van der Waals surface area contributed by atoms with Gasteiger partial charge in [0.05, 0.1) is 12.9 Å². The maximum Gasteiger partial charge on any atom is 0.246 e. The van der Waals surface area contributed by atoms with Crippen molar-refractivity contribution in [2.24, 2.45) is 11.8 Å². The quantitative estimate of drug-likeness (QED) is 0.421. The van der Waals surface area contributed by atoms with Gasteiger partial charge in [-0.1, -0.05) is 44.2 Å². The topological polar surface area (TPSA) is 42.7 Å². The summed E-state index contributed by atoms with van der Waals surface area (Å²) in [4.78, 5) is 15.1. The first-order valence-corrected chi connectivity index (χ1v) is 11.6. The third kappa shape index (κ3) is 4.32. The highest BCUT2D eigenvalue weighted by Gasteiger charge is 2.25. The van der Waals surface area contributed by atoms with Gasteiger partial charge in [0, 0.05) is 41.2 Å². The summed E-state index contributed by atoms with van der Waals surface area (Å²) in [5.74, 6) is 1.94. The molecule has 0 aliphatic carbocycles. The van der Waals surface area contributed by atoms with Crippen molar-refractivity contribution in [1.29, 1.82) is 0 Å². The van der Waals surface area contributed by atoms with Crippen molar-refractivity contribution >= 4 is 22.4 Å². The molecule has 2 unspecified atom stereocenters. The largest absolute Gasteiger partial charge is 0.493 e. The van der Waals surface area contributed by atoms with Crippen LogP contribution in [-0.4, -0.2) is 30.5 Å². The van der Waals surface area contributed by atoms with E-state index in [-0.39, 0.29) is 5.91 Å². The smallest absolute Gasteiger partial charge is 0.246 e. The number of fused-ring (bicyclic) bond motifs is 1. The molecule has 0 saturated carbocycles. The molecule has 1 amide bonds. The Kier molecular flexibility index (Phi) is 6.40. The number of amides is 1. The van der Waals surface area contributed by atoms with Gasteiger partial charge in [-0.2, -0.15) is 0 Å². The van der Waals surface area contributed by atoms with Crippen molar-refractivity contribution in [3.05, 3.63) is 59.9 Å². The van der Waals surface area contributed by atoms with E-state index in [1.807, 2.05) is 50.1 Å². The molecule has 0 N–H and O–H groups in total. The van der Waals surface area contributed by atoms with Crippen LogP contribution in [0.3, 0.4) is 0 Å². The van der Waals surface area contributed by atoms with Gasteiger partial charge in [-0.25, -0.2) is 0 Å². The molecule has 32 heavy (non-hydrogen) atoms. The first kappa shape index (κ1) is 22.2. The number of ether oxygens (including phenoxy) is 1. The minimum absolute atomic E-state index is 0.0802. The summed E-state index contributed by atoms with van der Waals surface area (Å²) in [6.45, 7) is 12.6. The second-order valence-electron chi connectivity index (χ2n) is 9.22. The van der Waals surface area contributed by atoms with Crippen LogP contribution in [0.1, 0.15) is 45.2 Å². The van der Waals surface area contributed by atoms with Gasteiger partial charge < -0.3 is 14.1 Å². The number of likely N-dealkylation sites (tertiary alicyclic amines) is 1. The van der Waals surface area contributed by atoms with Crippen molar-refractivity contribution in [1.82, 2.24) is 4.90 Å². The Bertz CT molecular complexity index is 1130. The number of allylic oxidation sites excluding steroid dienone is 1. The number of carbonyl (C=O) groups excluding carboxylic acids is 1. The van der Waals surface area contributed by atoms with Crippen LogP contribution in [0.25, 0.3) is 27.7 Å². The Morgan fingerprint density at radius 1 is 1.19 bits per heavy atom. The molecule has 4 nitrogen and oxygen atoms in total. The van der Waals surface area contributed by atoms with Crippen LogP contribution in [0.4, 0.5) is 0 Å². The van der Waals surface area contributed by atoms with Crippen molar-refractivity contribution < 1.29 is 13.9 Å². The SMILES string of the molecule is CCOc1c(/C(C)=C/C(=O)N2CC(C)CC(C)C2)cc2c(-c3ccccc3)coc2c1C. The highest BCUT2D eigenvalue weighted by atomic mass is 16.5. The molecule has 0 bridgehead atoms. The number of furan rings is 1. The van der Waals surface area contributed by atoms with Crippen molar-refractivity contribution in [2.45, 2.75) is 41.0 Å². The minimum atomic E-state index is 0.0802. The van der Waals surface area contributed by atoms with Crippen LogP contribution in [0.15, 0.2) is 53.2 Å². The number of hydrogen-bond acceptors (Lipinski definition) is 3. The van der Waals surface area contributed by atoms with E-state index in [1.54, 1.807) is 6.08 Å². The molecule has 168 valence electrons. The summed E-state index contributed by atoms with van der Waals surface area (Å²) in [5, 5.41) is 1.03. The number of piperidine rings is 1. The molecule has 4 heteroatoms. The van der Waals surface area contributed by atoms with Gasteiger partial charge in [0.15, 0.2) is 0 Å². The molecule has 1 fully saturated rings. The zero-order chi connectivity index (χ0) is 22.8. The first-order chi connectivity index (χ1) is 15.4. The molecule has 3 aromatic rings. The lowest BCUT2D eigenvalue weighted by atomic mass is 9.91. The molecule has 0 spiro atoms. The predicted molar refractivity (Wildman–Crippen MR) is 131 cm³/mol. The molecular formula is C28H33NO3. The van der Waals surface area contributed by atoms with Gasteiger partial charge in [-0.15, -0.1) is 0 Å². The second kappa shape index (κ2) is 9.23. The summed E-state index contributed by atoms with van der Waals surface area (Å²) in [6.07, 6.45) is 4.77. The van der Waals surface area contributed by atoms with Gasteiger partial charge >= 0.3 is 0 Å². The lowest BCUT2D eigenvalue weighted by Gasteiger charge is -2.34. The van der Waals surface area contributed by atoms with Crippen molar-refractivity contribution in [3.8, 4) is 16.9 Å². The maximum atomic E-state index is 13.1. The average Bonchev–Trinajstić information content (AvgIpc) is 3.19. The zero-order valence-corrected chi connectivity index (χ0v) is 19.8. The van der Waals surface area contributed by atoms with E-state index in [0.29, 0.717) is 18.4 Å². The van der Waals surface area contributed by atoms with Gasteiger partial charge in [-0.3, -0.25) is 4.79 Å². The summed E-state index contributed by atoms with van der Waals surface area (Å²) in [7, 11) is 0. The molecule has 1 aliphatic rings. The van der Waals surface area contributed by atoms with E-state index >= 15 is 0 Å². The average molecular weight is 432 g/mol. The van der Waals surface area contributed by atoms with Crippen molar-refractivity contribution in [3.63, 3.8) is 0 Å². The summed E-state index contributed by atoms with van der Waals surface area (Å²) in [6, 6.07) is 12.3. The molecular weight excluding hydrogens is 398 g/mol. The fourth-order valence-corrected chi connectivity index (χ4v) is 4.98. The molecule has 4 rings (SSSR count). The monoisotopic (exact) mass is 431 g/mol. The molecule has 2 aromatic carbocycles. The fourth-order valence-electron chi connectivity index (χ4n) is 4.98. The summed E-state index contributed by atoms with van der Waals surface area (Å²) in [5.41, 5.74) is 5.80. The predicted octanol–water partition coefficient (Wildman–Crippen LogP) is 6.71. The van der Waals surface area contributed by atoms with Crippen molar-refractivity contribution in [2.75, 3.05) is 19.7 Å². The third-order valence-electron chi connectivity index (χ3n) is 6.36. The number of hydrogen-bond donors (Lipinski definition) is 0. The molecule has 2 heterocycles. The number of benzene rings is 2. The normalized spacial score (nSPS) is 19.4. The van der Waals surface area contributed by atoms with Gasteiger partial charge in [0.2, 0.25) is 5.91 Å². The minimum Gasteiger partial charge on any atom is -0.493 e. The molecule has 1 aromatic heterocycles. The summed E-state index contributed by atoms with van der Waals surface area (Å²) < 4.78 is 12.0. The van der Waals surface area contributed by atoms with Crippen LogP contribution in [0, 0.1) is 18.8 Å². The van der Waals surface area contributed by atoms with E-state index in [0.717, 1.165) is 57.6 Å². The van der Waals surface area contributed by atoms with E-state index < -0.39 is 0 Å². The van der Waals surface area contributed by atoms with Crippen LogP contribution >= 0.6 is 0 Å². The zero-order valence-electron chi connectivity index (χ0n) is 19.8. The Balaban J connectivity index is 1.78. The van der Waals surface area contributed by atoms with E-state index in [9.17, 15) is 4.79 Å². The van der Waals surface area contributed by atoms with Gasteiger partial charge in [-0.05, 0) is 56.2 Å². The standard InChI is InChI=1S/C28H33NO3/c1-6-31-27-21(5)28-24(25(17-32-28)22-10-8-7-9-11-22)14-23(27)20(4)13-26(30)29-15-18(2)12-19(3)16-29/h7-11,13-14,17-19H,6,12,15-16H2,1-5H3/b20-13+. The lowest BCUT2D eigenvalue weighted by Crippen LogP contribution is -2.41. The van der Waals surface area contributed by atoms with E-state index in [4.69, 9.17) is 9.15 Å². The van der Waals surface area contributed by atoms with E-state index in [1.165, 1.54) is 6.42 Å². The highest BCUT2D eigenvalue weighted by Crippen LogP contribution is 2.40. The molecule has 1 saturated heterocycles. The Morgan fingerprint density at radius 2 is 1.88 bits per heavy atom. The molecule has 2 atom stereocenters. The van der Waals surface area contributed by atoms with Crippen LogP contribution in [0.2, 0.25) is 0 Å². The van der Waals surface area contributed by atoms with Crippen LogP contribution < -0.4 is 4.74 Å². The Labute approximate surface area is 190 Å². The van der Waals surface area contributed by atoms with Gasteiger partial charge in [0.1, 0.15) is 11.3 Å². The second-order valence-corrected chi connectivity index (χ2v) is 9.22. The van der Waals surface area contributed by atoms with Crippen LogP contribution in [0.5, 0.6) is 5.75 Å². The third-order valence-corrected chi connectivity index (χ3v) is 6.36. The summed E-state index contributed by atoms with van der Waals surface area (Å²) >= 11 is 0. The molecule has 1 aliphatic heterocycles. The highest BCUT2D eigenvalue weighted by molar-refractivity contribution is 6.01. The lowest BCUT2D eigenvalue weighted by molar-refractivity contribution is -0.128. The van der Waals surface area contributed by atoms with Gasteiger partial charge in [0.25, 0.3) is 0 Å². The number of carbonyl (C=O) groups is 1. The number of rotatable bonds is 5. The van der Waals surface area contributed by atoms with Crippen LogP contribution in [-0.2, 0) is 4.79 Å². The van der Waals surface area contributed by atoms with E-state index in [2.05, 4.69) is 32.0 Å². The number of aryl methyl sites for hydroxylation is 1. The molecule has 0 radical (unpaired) electrons. The maximum absolute atomic E-state index is 13.1.